The fraction of sp³-hybridized carbons (Fsp3) is 0.279. The molecule has 0 saturated heterocycles. The Kier molecular flexibility index (Phi) is 6.96. The van der Waals surface area contributed by atoms with E-state index in [9.17, 15) is 4.79 Å². The highest BCUT2D eigenvalue weighted by atomic mass is 16.5. The number of carbonyl (C=O) groups excluding carboxylic acids is 1. The van der Waals surface area contributed by atoms with Crippen molar-refractivity contribution in [1.29, 1.82) is 0 Å². The summed E-state index contributed by atoms with van der Waals surface area (Å²) < 4.78 is 6.92. The molecule has 3 aliphatic rings. The highest BCUT2D eigenvalue weighted by molar-refractivity contribution is 6.14. The van der Waals surface area contributed by atoms with E-state index in [0.29, 0.717) is 0 Å². The molecule has 0 atom stereocenters. The summed E-state index contributed by atoms with van der Waals surface area (Å²) in [4.78, 5) is 21.7. The van der Waals surface area contributed by atoms with E-state index in [1.807, 2.05) is 12.1 Å². The molecule has 0 saturated carbocycles. The molecule has 0 fully saturated rings. The Hall–Kier alpha value is -5.03. The van der Waals surface area contributed by atoms with Gasteiger partial charge in [0.15, 0.2) is 0 Å². The van der Waals surface area contributed by atoms with Crippen LogP contribution >= 0.6 is 0 Å². The third kappa shape index (κ3) is 4.00. The normalized spacial score (nSPS) is 15.7. The van der Waals surface area contributed by atoms with Gasteiger partial charge in [-0.1, -0.05) is 74.5 Å². The van der Waals surface area contributed by atoms with Gasteiger partial charge in [0.25, 0.3) is 5.91 Å². The predicted octanol–water partition coefficient (Wildman–Crippen LogP) is 9.74. The van der Waals surface area contributed by atoms with Gasteiger partial charge in [-0.3, -0.25) is 9.69 Å². The molecule has 5 aromatic carbocycles. The van der Waals surface area contributed by atoms with Gasteiger partial charge in [0.1, 0.15) is 17.0 Å². The number of amides is 1. The Labute approximate surface area is 284 Å². The molecule has 5 nitrogen and oxygen atoms in total. The van der Waals surface area contributed by atoms with Crippen molar-refractivity contribution in [3.8, 4) is 22.6 Å². The molecule has 5 heteroatoms. The minimum absolute atomic E-state index is 0.00157. The van der Waals surface area contributed by atoms with Crippen molar-refractivity contribution in [2.75, 3.05) is 40.9 Å². The number of nitrogens with zero attached hydrogens (tertiary/aromatic N) is 3. The smallest absolute Gasteiger partial charge is 0.260 e. The van der Waals surface area contributed by atoms with Crippen LogP contribution in [0.3, 0.4) is 0 Å². The lowest BCUT2D eigenvalue weighted by atomic mass is 9.74. The zero-order chi connectivity index (χ0) is 33.4. The average molecular weight is 634 g/mol. The van der Waals surface area contributed by atoms with Gasteiger partial charge in [-0.15, -0.1) is 0 Å². The maximum atomic E-state index is 15.0. The van der Waals surface area contributed by atoms with E-state index in [1.165, 1.54) is 22.3 Å². The minimum atomic E-state index is -0.927. The lowest BCUT2D eigenvalue weighted by Crippen LogP contribution is -2.47. The van der Waals surface area contributed by atoms with E-state index in [1.54, 1.807) is 0 Å². The van der Waals surface area contributed by atoms with Gasteiger partial charge in [-0.25, -0.2) is 0 Å². The first-order chi connectivity index (χ1) is 23.3. The second-order valence-electron chi connectivity index (χ2n) is 13.6. The molecular formula is C43H43N3O2. The minimum Gasteiger partial charge on any atom is -0.456 e. The Balaban J connectivity index is 1.43. The van der Waals surface area contributed by atoms with Crippen molar-refractivity contribution in [2.45, 2.75) is 52.5 Å². The molecule has 5 aromatic rings. The summed E-state index contributed by atoms with van der Waals surface area (Å²) in [6.07, 6.45) is 0. The van der Waals surface area contributed by atoms with Crippen LogP contribution in [0.2, 0.25) is 0 Å². The maximum absolute atomic E-state index is 15.0. The van der Waals surface area contributed by atoms with Crippen molar-refractivity contribution in [1.82, 2.24) is 0 Å². The SMILES string of the molecule is CCN(CC)c1ccc2c(c1)Oc1cc(N(CC)CC)ccc1C21c2ccccc2C(=O)N1c1ccc2c(c1)C(C)(C)c1ccccc1-2. The van der Waals surface area contributed by atoms with Crippen LogP contribution in [0.15, 0.2) is 103 Å². The number of ether oxygens (including phenoxy) is 1. The van der Waals surface area contributed by atoms with Crippen LogP contribution in [0.4, 0.5) is 17.1 Å². The monoisotopic (exact) mass is 633 g/mol. The molecule has 0 unspecified atom stereocenters. The van der Waals surface area contributed by atoms with E-state index in [0.717, 1.165) is 77.0 Å². The van der Waals surface area contributed by atoms with Gasteiger partial charge in [-0.05, 0) is 80.3 Å². The topological polar surface area (TPSA) is 36.0 Å². The van der Waals surface area contributed by atoms with Gasteiger partial charge in [0, 0.05) is 83.0 Å². The van der Waals surface area contributed by atoms with E-state index in [4.69, 9.17) is 4.74 Å². The van der Waals surface area contributed by atoms with Crippen LogP contribution < -0.4 is 19.4 Å². The van der Waals surface area contributed by atoms with Crippen LogP contribution in [0.5, 0.6) is 11.5 Å². The number of hydrogen-bond donors (Lipinski definition) is 0. The number of fused-ring (bicyclic) bond motifs is 9. The van der Waals surface area contributed by atoms with Gasteiger partial charge in [0.2, 0.25) is 0 Å². The standard InChI is InChI=1S/C43H43N3O2/c1-7-44(8-2)28-20-23-36-39(26-28)48-40-27-29(45(9-3)10-4)21-24-37(40)43(36)35-18-14-12-16-33(35)41(47)46(43)30-19-22-32-31-15-11-13-17-34(31)42(5,6)38(32)25-30/h11-27H,7-10H2,1-6H3. The molecule has 1 amide bonds. The molecule has 2 heterocycles. The first-order valence-corrected chi connectivity index (χ1v) is 17.4. The summed E-state index contributed by atoms with van der Waals surface area (Å²) in [5.41, 5.74) is 10.7. The van der Waals surface area contributed by atoms with Crippen LogP contribution in [0, 0.1) is 0 Å². The van der Waals surface area contributed by atoms with E-state index < -0.39 is 5.54 Å². The molecule has 1 aliphatic carbocycles. The second kappa shape index (κ2) is 11.0. The fourth-order valence-electron chi connectivity index (χ4n) is 8.67. The van der Waals surface area contributed by atoms with E-state index in [-0.39, 0.29) is 11.3 Å². The fourth-order valence-corrected chi connectivity index (χ4v) is 8.67. The summed E-state index contributed by atoms with van der Waals surface area (Å²) >= 11 is 0. The molecule has 242 valence electrons. The predicted molar refractivity (Wildman–Crippen MR) is 197 cm³/mol. The van der Waals surface area contributed by atoms with E-state index >= 15 is 0 Å². The zero-order valence-corrected chi connectivity index (χ0v) is 28.8. The number of carbonyl (C=O) groups is 1. The zero-order valence-electron chi connectivity index (χ0n) is 28.8. The molecule has 0 aromatic heterocycles. The quantitative estimate of drug-likeness (QED) is 0.179. The molecule has 0 N–H and O–H groups in total. The molecular weight excluding hydrogens is 590 g/mol. The first kappa shape index (κ1) is 30.3. The Morgan fingerprint density at radius 2 is 1.08 bits per heavy atom. The van der Waals surface area contributed by atoms with Crippen LogP contribution in [0.25, 0.3) is 11.1 Å². The van der Waals surface area contributed by atoms with Gasteiger partial charge >= 0.3 is 0 Å². The van der Waals surface area contributed by atoms with Crippen molar-refractivity contribution in [3.63, 3.8) is 0 Å². The average Bonchev–Trinajstić information content (AvgIpc) is 3.50. The van der Waals surface area contributed by atoms with Gasteiger partial charge in [-0.2, -0.15) is 0 Å². The molecule has 0 radical (unpaired) electrons. The lowest BCUT2D eigenvalue weighted by molar-refractivity contribution is 0.0985. The van der Waals surface area contributed by atoms with Crippen molar-refractivity contribution < 1.29 is 9.53 Å². The Bertz CT molecular complexity index is 2030. The number of benzene rings is 5. The van der Waals surface area contributed by atoms with Crippen molar-refractivity contribution in [2.24, 2.45) is 0 Å². The lowest BCUT2D eigenvalue weighted by Gasteiger charge is -2.45. The van der Waals surface area contributed by atoms with Crippen molar-refractivity contribution in [3.05, 3.63) is 137 Å². The number of hydrogen-bond acceptors (Lipinski definition) is 4. The second-order valence-corrected chi connectivity index (χ2v) is 13.6. The largest absolute Gasteiger partial charge is 0.456 e. The Morgan fingerprint density at radius 3 is 1.67 bits per heavy atom. The molecule has 48 heavy (non-hydrogen) atoms. The number of rotatable bonds is 7. The first-order valence-electron chi connectivity index (χ1n) is 17.4. The summed E-state index contributed by atoms with van der Waals surface area (Å²) in [7, 11) is 0. The highest BCUT2D eigenvalue weighted by Crippen LogP contribution is 2.60. The van der Waals surface area contributed by atoms with Gasteiger partial charge in [0.05, 0.1) is 0 Å². The Morgan fingerprint density at radius 1 is 0.562 bits per heavy atom. The third-order valence-electron chi connectivity index (χ3n) is 11.1. The summed E-state index contributed by atoms with van der Waals surface area (Å²) in [5.74, 6) is 1.57. The van der Waals surface area contributed by atoms with Crippen molar-refractivity contribution >= 4 is 23.0 Å². The van der Waals surface area contributed by atoms with Crippen LogP contribution in [0.1, 0.15) is 79.7 Å². The van der Waals surface area contributed by atoms with E-state index in [2.05, 4.69) is 147 Å². The maximum Gasteiger partial charge on any atom is 0.260 e. The number of anilines is 3. The highest BCUT2D eigenvalue weighted by Gasteiger charge is 2.57. The van der Waals surface area contributed by atoms with Crippen LogP contribution in [-0.2, 0) is 11.0 Å². The molecule has 0 bridgehead atoms. The molecule has 8 rings (SSSR count). The third-order valence-corrected chi connectivity index (χ3v) is 11.1. The summed E-state index contributed by atoms with van der Waals surface area (Å²) in [6.45, 7) is 16.9. The van der Waals surface area contributed by atoms with Gasteiger partial charge < -0.3 is 14.5 Å². The summed E-state index contributed by atoms with van der Waals surface area (Å²) in [5, 5.41) is 0. The summed E-state index contributed by atoms with van der Waals surface area (Å²) in [6, 6.07) is 36.6. The molecule has 1 spiro atoms. The molecule has 2 aliphatic heterocycles. The van der Waals surface area contributed by atoms with Crippen LogP contribution in [-0.4, -0.2) is 32.1 Å².